The maximum Gasteiger partial charge on any atom is 0.0541 e. The SMILES string of the molecule is CC(C)(C)C(N)CSc1ccccc1Cl. The second kappa shape index (κ2) is 5.24. The van der Waals surface area contributed by atoms with Gasteiger partial charge in [0.1, 0.15) is 0 Å². The molecular formula is C12H18ClNS. The Morgan fingerprint density at radius 3 is 2.47 bits per heavy atom. The molecule has 0 aliphatic carbocycles. The molecule has 84 valence electrons. The molecule has 0 saturated heterocycles. The number of rotatable bonds is 3. The van der Waals surface area contributed by atoms with Gasteiger partial charge < -0.3 is 5.73 Å². The van der Waals surface area contributed by atoms with Gasteiger partial charge in [-0.2, -0.15) is 0 Å². The van der Waals surface area contributed by atoms with Crippen LogP contribution in [0.4, 0.5) is 0 Å². The fourth-order valence-electron chi connectivity index (χ4n) is 0.991. The van der Waals surface area contributed by atoms with Crippen molar-refractivity contribution in [3.8, 4) is 0 Å². The fraction of sp³-hybridized carbons (Fsp3) is 0.500. The van der Waals surface area contributed by atoms with Gasteiger partial charge in [-0.05, 0) is 17.5 Å². The van der Waals surface area contributed by atoms with Crippen molar-refractivity contribution in [3.63, 3.8) is 0 Å². The summed E-state index contributed by atoms with van der Waals surface area (Å²) in [5, 5.41) is 0.809. The van der Waals surface area contributed by atoms with Gasteiger partial charge >= 0.3 is 0 Å². The molecule has 15 heavy (non-hydrogen) atoms. The van der Waals surface area contributed by atoms with E-state index in [1.165, 1.54) is 0 Å². The van der Waals surface area contributed by atoms with Crippen molar-refractivity contribution in [3.05, 3.63) is 29.3 Å². The molecule has 0 fully saturated rings. The van der Waals surface area contributed by atoms with Crippen molar-refractivity contribution in [1.29, 1.82) is 0 Å². The summed E-state index contributed by atoms with van der Waals surface area (Å²) in [7, 11) is 0. The smallest absolute Gasteiger partial charge is 0.0541 e. The molecule has 1 aromatic rings. The van der Waals surface area contributed by atoms with Crippen LogP contribution < -0.4 is 5.73 Å². The van der Waals surface area contributed by atoms with Crippen LogP contribution in [0.1, 0.15) is 20.8 Å². The maximum atomic E-state index is 6.08. The first-order valence-electron chi connectivity index (χ1n) is 5.04. The molecule has 1 nitrogen and oxygen atoms in total. The van der Waals surface area contributed by atoms with Crippen LogP contribution in [0.3, 0.4) is 0 Å². The van der Waals surface area contributed by atoms with Crippen LogP contribution >= 0.6 is 23.4 Å². The molecule has 0 aliphatic heterocycles. The lowest BCUT2D eigenvalue weighted by Gasteiger charge is -2.26. The molecule has 0 radical (unpaired) electrons. The third-order valence-corrected chi connectivity index (χ3v) is 4.00. The largest absolute Gasteiger partial charge is 0.326 e. The molecule has 0 aromatic heterocycles. The topological polar surface area (TPSA) is 26.0 Å². The standard InChI is InChI=1S/C12H18ClNS/c1-12(2,3)11(14)8-15-10-7-5-4-6-9(10)13/h4-7,11H,8,14H2,1-3H3. The van der Waals surface area contributed by atoms with Gasteiger partial charge in [-0.15, -0.1) is 11.8 Å². The second-order valence-electron chi connectivity index (χ2n) is 4.71. The Morgan fingerprint density at radius 2 is 1.93 bits per heavy atom. The average Bonchev–Trinajstić information content (AvgIpc) is 2.14. The Hall–Kier alpha value is -0.180. The first kappa shape index (κ1) is 12.9. The minimum Gasteiger partial charge on any atom is -0.326 e. The molecule has 0 spiro atoms. The van der Waals surface area contributed by atoms with Crippen LogP contribution in [-0.4, -0.2) is 11.8 Å². The van der Waals surface area contributed by atoms with Crippen LogP contribution in [0.2, 0.25) is 5.02 Å². The number of halogens is 1. The highest BCUT2D eigenvalue weighted by Crippen LogP contribution is 2.29. The highest BCUT2D eigenvalue weighted by atomic mass is 35.5. The van der Waals surface area contributed by atoms with Crippen LogP contribution in [0.5, 0.6) is 0 Å². The van der Waals surface area contributed by atoms with E-state index in [4.69, 9.17) is 17.3 Å². The third kappa shape index (κ3) is 4.06. The minimum atomic E-state index is 0.147. The normalized spacial score (nSPS) is 13.9. The number of hydrogen-bond acceptors (Lipinski definition) is 2. The molecule has 1 aromatic carbocycles. The lowest BCUT2D eigenvalue weighted by molar-refractivity contribution is 0.344. The van der Waals surface area contributed by atoms with Gasteiger partial charge in [-0.3, -0.25) is 0 Å². The van der Waals surface area contributed by atoms with E-state index >= 15 is 0 Å². The summed E-state index contributed by atoms with van der Waals surface area (Å²) in [6, 6.07) is 8.06. The molecule has 3 heteroatoms. The van der Waals surface area contributed by atoms with E-state index < -0.39 is 0 Å². The Morgan fingerprint density at radius 1 is 1.33 bits per heavy atom. The number of nitrogens with two attached hydrogens (primary N) is 1. The van der Waals surface area contributed by atoms with Gasteiger partial charge in [0.2, 0.25) is 0 Å². The van der Waals surface area contributed by atoms with Gasteiger partial charge in [0.25, 0.3) is 0 Å². The van der Waals surface area contributed by atoms with Gasteiger partial charge in [0.05, 0.1) is 5.02 Å². The van der Waals surface area contributed by atoms with Crippen molar-refractivity contribution in [1.82, 2.24) is 0 Å². The third-order valence-electron chi connectivity index (χ3n) is 2.37. The predicted molar refractivity (Wildman–Crippen MR) is 69.6 cm³/mol. The summed E-state index contributed by atoms with van der Waals surface area (Å²) in [5.74, 6) is 0.896. The summed E-state index contributed by atoms with van der Waals surface area (Å²) < 4.78 is 0. The summed E-state index contributed by atoms with van der Waals surface area (Å²) in [6.45, 7) is 6.47. The fourth-order valence-corrected chi connectivity index (χ4v) is 2.53. The molecule has 1 rings (SSSR count). The predicted octanol–water partition coefficient (Wildman–Crippen LogP) is 3.81. The highest BCUT2D eigenvalue weighted by Gasteiger charge is 2.20. The van der Waals surface area contributed by atoms with Crippen LogP contribution in [0, 0.1) is 5.41 Å². The Labute approximate surface area is 101 Å². The van der Waals surface area contributed by atoms with Gasteiger partial charge in [-0.1, -0.05) is 44.5 Å². The molecule has 2 N–H and O–H groups in total. The molecule has 0 bridgehead atoms. The Kier molecular flexibility index (Phi) is 4.50. The summed E-state index contributed by atoms with van der Waals surface area (Å²) in [4.78, 5) is 1.11. The molecule has 0 amide bonds. The second-order valence-corrected chi connectivity index (χ2v) is 6.18. The molecule has 0 aliphatic rings. The van der Waals surface area contributed by atoms with Crippen molar-refractivity contribution >= 4 is 23.4 Å². The van der Waals surface area contributed by atoms with E-state index in [1.54, 1.807) is 11.8 Å². The quantitative estimate of drug-likeness (QED) is 0.818. The average molecular weight is 244 g/mol. The monoisotopic (exact) mass is 243 g/mol. The highest BCUT2D eigenvalue weighted by molar-refractivity contribution is 7.99. The van der Waals surface area contributed by atoms with Crippen LogP contribution in [0.25, 0.3) is 0 Å². The summed E-state index contributed by atoms with van der Waals surface area (Å²) >= 11 is 7.79. The first-order chi connectivity index (χ1) is 6.91. The van der Waals surface area contributed by atoms with E-state index in [0.717, 1.165) is 15.7 Å². The lowest BCUT2D eigenvalue weighted by atomic mass is 9.89. The van der Waals surface area contributed by atoms with Crippen molar-refractivity contribution in [2.45, 2.75) is 31.7 Å². The minimum absolute atomic E-state index is 0.147. The molecule has 0 saturated carbocycles. The van der Waals surface area contributed by atoms with E-state index in [-0.39, 0.29) is 11.5 Å². The zero-order chi connectivity index (χ0) is 11.5. The van der Waals surface area contributed by atoms with Crippen molar-refractivity contribution < 1.29 is 0 Å². The van der Waals surface area contributed by atoms with Crippen LogP contribution in [0.15, 0.2) is 29.2 Å². The maximum absolute atomic E-state index is 6.08. The van der Waals surface area contributed by atoms with Crippen molar-refractivity contribution in [2.75, 3.05) is 5.75 Å². The van der Waals surface area contributed by atoms with E-state index in [2.05, 4.69) is 20.8 Å². The van der Waals surface area contributed by atoms with Gasteiger partial charge in [-0.25, -0.2) is 0 Å². The Bertz CT molecular complexity index is 320. The summed E-state index contributed by atoms with van der Waals surface area (Å²) in [5.41, 5.74) is 6.23. The first-order valence-corrected chi connectivity index (χ1v) is 6.40. The number of hydrogen-bond donors (Lipinski definition) is 1. The van der Waals surface area contributed by atoms with Crippen LogP contribution in [-0.2, 0) is 0 Å². The number of thioether (sulfide) groups is 1. The molecule has 1 unspecified atom stereocenters. The van der Waals surface area contributed by atoms with Gasteiger partial charge in [0, 0.05) is 16.7 Å². The summed E-state index contributed by atoms with van der Waals surface area (Å²) in [6.07, 6.45) is 0. The molecule has 1 atom stereocenters. The zero-order valence-electron chi connectivity index (χ0n) is 9.46. The number of benzene rings is 1. The molecular weight excluding hydrogens is 226 g/mol. The molecule has 0 heterocycles. The zero-order valence-corrected chi connectivity index (χ0v) is 11.0. The lowest BCUT2D eigenvalue weighted by Crippen LogP contribution is -2.37. The van der Waals surface area contributed by atoms with E-state index in [1.807, 2.05) is 24.3 Å². The van der Waals surface area contributed by atoms with E-state index in [9.17, 15) is 0 Å². The Balaban J connectivity index is 2.55. The van der Waals surface area contributed by atoms with Crippen molar-refractivity contribution in [2.24, 2.45) is 11.1 Å². The van der Waals surface area contributed by atoms with Gasteiger partial charge in [0.15, 0.2) is 0 Å². The van der Waals surface area contributed by atoms with E-state index in [0.29, 0.717) is 0 Å².